The van der Waals surface area contributed by atoms with Crippen LogP contribution in [-0.2, 0) is 9.47 Å². The minimum atomic E-state index is -0.201. The predicted molar refractivity (Wildman–Crippen MR) is 74.2 cm³/mol. The number of aromatic nitrogens is 3. The van der Waals surface area contributed by atoms with Crippen LogP contribution in [0.1, 0.15) is 0 Å². The Morgan fingerprint density at radius 3 is 2.65 bits per heavy atom. The predicted octanol–water partition coefficient (Wildman–Crippen LogP) is 1.35. The van der Waals surface area contributed by atoms with Crippen molar-refractivity contribution in [1.29, 1.82) is 0 Å². The van der Waals surface area contributed by atoms with E-state index in [1.54, 1.807) is 18.6 Å². The fourth-order valence-electron chi connectivity index (χ4n) is 2.03. The van der Waals surface area contributed by atoms with Crippen LogP contribution in [0.4, 0.5) is 5.95 Å². The van der Waals surface area contributed by atoms with E-state index < -0.39 is 0 Å². The topological polar surface area (TPSA) is 60.4 Å². The Kier molecular flexibility index (Phi) is 3.85. The third-order valence-corrected chi connectivity index (χ3v) is 3.07. The first kappa shape index (κ1) is 13.0. The molecule has 20 heavy (non-hydrogen) atoms. The first-order chi connectivity index (χ1) is 9.83. The molecular weight excluding hydrogens is 256 g/mol. The molecule has 0 unspecified atom stereocenters. The van der Waals surface area contributed by atoms with Gasteiger partial charge in [-0.1, -0.05) is 0 Å². The second-order valence-corrected chi connectivity index (χ2v) is 4.53. The molecule has 0 bridgehead atoms. The van der Waals surface area contributed by atoms with Crippen molar-refractivity contribution in [1.82, 2.24) is 15.0 Å². The molecule has 3 heterocycles. The van der Waals surface area contributed by atoms with Gasteiger partial charge in [-0.3, -0.25) is 4.98 Å². The second kappa shape index (κ2) is 5.94. The maximum Gasteiger partial charge on any atom is 0.225 e. The number of hydrogen-bond acceptors (Lipinski definition) is 6. The zero-order valence-corrected chi connectivity index (χ0v) is 11.3. The molecule has 1 fully saturated rings. The lowest BCUT2D eigenvalue weighted by Gasteiger charge is -2.20. The lowest BCUT2D eigenvalue weighted by Crippen LogP contribution is -2.30. The third-order valence-electron chi connectivity index (χ3n) is 3.07. The van der Waals surface area contributed by atoms with E-state index >= 15 is 0 Å². The van der Waals surface area contributed by atoms with Crippen molar-refractivity contribution >= 4 is 5.95 Å². The van der Waals surface area contributed by atoms with Gasteiger partial charge in [0.05, 0.1) is 25.5 Å². The van der Waals surface area contributed by atoms with E-state index in [4.69, 9.17) is 9.47 Å². The number of anilines is 1. The summed E-state index contributed by atoms with van der Waals surface area (Å²) in [5, 5.41) is 0. The normalized spacial score (nSPS) is 15.4. The van der Waals surface area contributed by atoms with Crippen molar-refractivity contribution in [3.63, 3.8) is 0 Å². The lowest BCUT2D eigenvalue weighted by atomic mass is 10.2. The molecule has 1 saturated heterocycles. The van der Waals surface area contributed by atoms with Gasteiger partial charge in [-0.15, -0.1) is 0 Å². The van der Waals surface area contributed by atoms with Crippen LogP contribution in [0.25, 0.3) is 11.3 Å². The van der Waals surface area contributed by atoms with Gasteiger partial charge in [-0.25, -0.2) is 9.97 Å². The van der Waals surface area contributed by atoms with Crippen LogP contribution in [0.5, 0.6) is 0 Å². The summed E-state index contributed by atoms with van der Waals surface area (Å²) in [6.45, 7) is 1.91. The molecule has 0 atom stereocenters. The molecule has 0 spiro atoms. The molecule has 0 radical (unpaired) electrons. The number of nitrogens with zero attached hydrogens (tertiary/aromatic N) is 4. The van der Waals surface area contributed by atoms with Gasteiger partial charge >= 0.3 is 0 Å². The zero-order chi connectivity index (χ0) is 13.8. The van der Waals surface area contributed by atoms with Gasteiger partial charge in [0.15, 0.2) is 6.29 Å². The minimum Gasteiger partial charge on any atom is -0.348 e. The molecule has 104 valence electrons. The largest absolute Gasteiger partial charge is 0.348 e. The van der Waals surface area contributed by atoms with Crippen molar-refractivity contribution in [2.45, 2.75) is 6.29 Å². The molecule has 1 aliphatic rings. The molecule has 0 aromatic carbocycles. The third kappa shape index (κ3) is 2.92. The van der Waals surface area contributed by atoms with Gasteiger partial charge in [0.25, 0.3) is 0 Å². The highest BCUT2D eigenvalue weighted by atomic mass is 16.7. The fourth-order valence-corrected chi connectivity index (χ4v) is 2.03. The van der Waals surface area contributed by atoms with Gasteiger partial charge in [-0.05, 0) is 18.2 Å². The Hall–Kier alpha value is -2.05. The standard InChI is InChI=1S/C14H16N4O2/c1-18(10-13-19-8-9-20-13)14-16-7-4-12(17-14)11-2-5-15-6-3-11/h2-7,13H,8-10H2,1H3. The molecule has 2 aromatic heterocycles. The van der Waals surface area contributed by atoms with Crippen LogP contribution >= 0.6 is 0 Å². The summed E-state index contributed by atoms with van der Waals surface area (Å²) in [7, 11) is 1.93. The Labute approximate surface area is 117 Å². The van der Waals surface area contributed by atoms with Crippen molar-refractivity contribution < 1.29 is 9.47 Å². The van der Waals surface area contributed by atoms with E-state index in [-0.39, 0.29) is 6.29 Å². The van der Waals surface area contributed by atoms with E-state index in [0.29, 0.717) is 25.7 Å². The molecule has 3 rings (SSSR count). The molecule has 0 aliphatic carbocycles. The van der Waals surface area contributed by atoms with Crippen molar-refractivity contribution in [3.05, 3.63) is 36.8 Å². The van der Waals surface area contributed by atoms with E-state index in [1.807, 2.05) is 30.1 Å². The molecule has 2 aromatic rings. The molecule has 1 aliphatic heterocycles. The Morgan fingerprint density at radius 1 is 1.15 bits per heavy atom. The van der Waals surface area contributed by atoms with Crippen molar-refractivity contribution in [3.8, 4) is 11.3 Å². The summed E-state index contributed by atoms with van der Waals surface area (Å²) in [6.07, 6.45) is 5.06. The van der Waals surface area contributed by atoms with Gasteiger partial charge in [0.2, 0.25) is 5.95 Å². The number of hydrogen-bond donors (Lipinski definition) is 0. The number of likely N-dealkylation sites (N-methyl/N-ethyl adjacent to an activating group) is 1. The number of pyridine rings is 1. The average molecular weight is 272 g/mol. The quantitative estimate of drug-likeness (QED) is 0.837. The molecule has 0 amide bonds. The van der Waals surface area contributed by atoms with Crippen LogP contribution in [0.15, 0.2) is 36.8 Å². The summed E-state index contributed by atoms with van der Waals surface area (Å²) in [6, 6.07) is 5.74. The SMILES string of the molecule is CN(CC1OCCO1)c1nccc(-c2ccncc2)n1. The van der Waals surface area contributed by atoms with Gasteiger partial charge < -0.3 is 14.4 Å². The number of ether oxygens (including phenoxy) is 2. The molecule has 0 N–H and O–H groups in total. The summed E-state index contributed by atoms with van der Waals surface area (Å²) in [5.41, 5.74) is 1.89. The van der Waals surface area contributed by atoms with E-state index in [0.717, 1.165) is 11.3 Å². The van der Waals surface area contributed by atoms with Crippen LogP contribution in [0.2, 0.25) is 0 Å². The van der Waals surface area contributed by atoms with Crippen LogP contribution < -0.4 is 4.90 Å². The van der Waals surface area contributed by atoms with Crippen molar-refractivity contribution in [2.24, 2.45) is 0 Å². The smallest absolute Gasteiger partial charge is 0.225 e. The van der Waals surface area contributed by atoms with Gasteiger partial charge in [0.1, 0.15) is 0 Å². The summed E-state index contributed by atoms with van der Waals surface area (Å²) in [5.74, 6) is 0.651. The molecule has 6 nitrogen and oxygen atoms in total. The molecular formula is C14H16N4O2. The van der Waals surface area contributed by atoms with Gasteiger partial charge in [0, 0.05) is 31.2 Å². The minimum absolute atomic E-state index is 0.201. The van der Waals surface area contributed by atoms with Gasteiger partial charge in [-0.2, -0.15) is 0 Å². The Morgan fingerprint density at radius 2 is 1.90 bits per heavy atom. The highest BCUT2D eigenvalue weighted by Crippen LogP contribution is 2.18. The highest BCUT2D eigenvalue weighted by molar-refractivity contribution is 5.59. The summed E-state index contributed by atoms with van der Waals surface area (Å²) < 4.78 is 10.9. The van der Waals surface area contributed by atoms with Crippen LogP contribution in [-0.4, -0.2) is 48.0 Å². The summed E-state index contributed by atoms with van der Waals surface area (Å²) in [4.78, 5) is 14.8. The Bertz CT molecular complexity index is 558. The average Bonchev–Trinajstić information content (AvgIpc) is 3.01. The Balaban J connectivity index is 1.76. The van der Waals surface area contributed by atoms with Crippen LogP contribution in [0, 0.1) is 0 Å². The number of rotatable bonds is 4. The van der Waals surface area contributed by atoms with E-state index in [9.17, 15) is 0 Å². The fraction of sp³-hybridized carbons (Fsp3) is 0.357. The first-order valence-corrected chi connectivity index (χ1v) is 6.51. The van der Waals surface area contributed by atoms with Crippen molar-refractivity contribution in [2.75, 3.05) is 31.7 Å². The first-order valence-electron chi connectivity index (χ1n) is 6.51. The second-order valence-electron chi connectivity index (χ2n) is 4.53. The van der Waals surface area contributed by atoms with E-state index in [2.05, 4.69) is 15.0 Å². The maximum atomic E-state index is 5.43. The molecule has 6 heteroatoms. The van der Waals surface area contributed by atoms with E-state index in [1.165, 1.54) is 0 Å². The monoisotopic (exact) mass is 272 g/mol. The maximum absolute atomic E-state index is 5.43. The summed E-state index contributed by atoms with van der Waals surface area (Å²) >= 11 is 0. The van der Waals surface area contributed by atoms with Crippen LogP contribution in [0.3, 0.4) is 0 Å². The lowest BCUT2D eigenvalue weighted by molar-refractivity contribution is -0.0338. The zero-order valence-electron chi connectivity index (χ0n) is 11.3. The molecule has 0 saturated carbocycles. The highest BCUT2D eigenvalue weighted by Gasteiger charge is 2.19.